The molecule has 20 heavy (non-hydrogen) atoms. The van der Waals surface area contributed by atoms with E-state index in [4.69, 9.17) is 9.15 Å². The molecule has 0 saturated carbocycles. The van der Waals surface area contributed by atoms with E-state index in [1.54, 1.807) is 14.0 Å². The van der Waals surface area contributed by atoms with Crippen molar-refractivity contribution in [1.82, 2.24) is 9.97 Å². The minimum atomic E-state index is -0.364. The molecule has 0 unspecified atom stereocenters. The summed E-state index contributed by atoms with van der Waals surface area (Å²) in [5.74, 6) is 1.00. The fourth-order valence-corrected chi connectivity index (χ4v) is 2.60. The number of amides is 1. The first-order valence-corrected chi connectivity index (χ1v) is 6.66. The Hall–Kier alpha value is -2.41. The Labute approximate surface area is 118 Å². The SMILES string of the molecule is COc1ccc2nc(NC(=O)c3cnc(C)o3)sc2c1. The van der Waals surface area contributed by atoms with Crippen molar-refractivity contribution in [3.05, 3.63) is 36.0 Å². The highest BCUT2D eigenvalue weighted by molar-refractivity contribution is 7.22. The van der Waals surface area contributed by atoms with E-state index in [0.717, 1.165) is 16.0 Å². The van der Waals surface area contributed by atoms with Crippen LogP contribution in [0.4, 0.5) is 5.13 Å². The Morgan fingerprint density at radius 2 is 2.30 bits per heavy atom. The average molecular weight is 289 g/mol. The standard InChI is InChI=1S/C13H11N3O3S/c1-7-14-6-10(19-7)12(17)16-13-15-9-4-3-8(18-2)5-11(9)20-13/h3-6H,1-2H3,(H,15,16,17). The van der Waals surface area contributed by atoms with Crippen molar-refractivity contribution in [3.63, 3.8) is 0 Å². The van der Waals surface area contributed by atoms with E-state index >= 15 is 0 Å². The van der Waals surface area contributed by atoms with Crippen LogP contribution in [0.5, 0.6) is 5.75 Å². The Kier molecular flexibility index (Phi) is 3.11. The molecule has 0 aliphatic carbocycles. The van der Waals surface area contributed by atoms with E-state index < -0.39 is 0 Å². The number of oxazole rings is 1. The first-order chi connectivity index (χ1) is 9.65. The second kappa shape index (κ2) is 4.93. The van der Waals surface area contributed by atoms with E-state index in [0.29, 0.717) is 11.0 Å². The summed E-state index contributed by atoms with van der Waals surface area (Å²) in [6.45, 7) is 1.68. The summed E-state index contributed by atoms with van der Waals surface area (Å²) in [6.07, 6.45) is 1.39. The number of methoxy groups -OCH3 is 1. The number of hydrogen-bond donors (Lipinski definition) is 1. The van der Waals surface area contributed by atoms with Crippen molar-refractivity contribution < 1.29 is 13.9 Å². The van der Waals surface area contributed by atoms with Gasteiger partial charge in [0.2, 0.25) is 5.76 Å². The van der Waals surface area contributed by atoms with E-state index in [2.05, 4.69) is 15.3 Å². The molecule has 0 fully saturated rings. The number of nitrogens with zero attached hydrogens (tertiary/aromatic N) is 2. The van der Waals surface area contributed by atoms with Crippen molar-refractivity contribution in [2.24, 2.45) is 0 Å². The van der Waals surface area contributed by atoms with Crippen molar-refractivity contribution in [2.45, 2.75) is 6.92 Å². The lowest BCUT2D eigenvalue weighted by molar-refractivity contribution is 0.0995. The number of nitrogens with one attached hydrogen (secondary N) is 1. The lowest BCUT2D eigenvalue weighted by Crippen LogP contribution is -2.10. The van der Waals surface area contributed by atoms with E-state index in [9.17, 15) is 4.79 Å². The highest BCUT2D eigenvalue weighted by Crippen LogP contribution is 2.29. The van der Waals surface area contributed by atoms with Gasteiger partial charge in [0.1, 0.15) is 5.75 Å². The minimum absolute atomic E-state index is 0.166. The summed E-state index contributed by atoms with van der Waals surface area (Å²) >= 11 is 1.37. The van der Waals surface area contributed by atoms with Gasteiger partial charge < -0.3 is 9.15 Å². The van der Waals surface area contributed by atoms with Crippen LogP contribution in [-0.4, -0.2) is 23.0 Å². The minimum Gasteiger partial charge on any atom is -0.497 e. The molecule has 1 N–H and O–H groups in total. The van der Waals surface area contributed by atoms with Crippen LogP contribution in [0.15, 0.2) is 28.8 Å². The number of benzene rings is 1. The van der Waals surface area contributed by atoms with Crippen LogP contribution < -0.4 is 10.1 Å². The topological polar surface area (TPSA) is 77.2 Å². The number of aromatic nitrogens is 2. The Bertz CT molecular complexity index is 778. The zero-order chi connectivity index (χ0) is 14.1. The average Bonchev–Trinajstić information content (AvgIpc) is 3.03. The molecule has 0 bridgehead atoms. The van der Waals surface area contributed by atoms with Gasteiger partial charge in [-0.2, -0.15) is 0 Å². The number of rotatable bonds is 3. The first-order valence-electron chi connectivity index (χ1n) is 5.84. The molecule has 3 rings (SSSR count). The molecule has 0 aliphatic heterocycles. The summed E-state index contributed by atoms with van der Waals surface area (Å²) in [5, 5.41) is 3.20. The van der Waals surface area contributed by atoms with Crippen molar-refractivity contribution in [2.75, 3.05) is 12.4 Å². The molecule has 1 aromatic carbocycles. The Morgan fingerprint density at radius 3 is 3.00 bits per heavy atom. The number of thiazole rings is 1. The maximum atomic E-state index is 11.9. The number of carbonyl (C=O) groups is 1. The molecule has 7 heteroatoms. The number of fused-ring (bicyclic) bond motifs is 1. The van der Waals surface area contributed by atoms with Gasteiger partial charge in [0.05, 0.1) is 23.5 Å². The van der Waals surface area contributed by atoms with Gasteiger partial charge in [-0.3, -0.25) is 10.1 Å². The molecule has 0 saturated heterocycles. The van der Waals surface area contributed by atoms with Crippen molar-refractivity contribution >= 4 is 32.6 Å². The van der Waals surface area contributed by atoms with Crippen LogP contribution in [0.2, 0.25) is 0 Å². The smallest absolute Gasteiger partial charge is 0.294 e. The van der Waals surface area contributed by atoms with Crippen LogP contribution >= 0.6 is 11.3 Å². The largest absolute Gasteiger partial charge is 0.497 e. The summed E-state index contributed by atoms with van der Waals surface area (Å²) < 4.78 is 11.3. The molecule has 1 amide bonds. The maximum Gasteiger partial charge on any atom is 0.294 e. The second-order valence-electron chi connectivity index (χ2n) is 4.05. The number of aryl methyl sites for hydroxylation is 1. The monoisotopic (exact) mass is 289 g/mol. The Balaban J connectivity index is 1.85. The summed E-state index contributed by atoms with van der Waals surface area (Å²) in [4.78, 5) is 20.1. The lowest BCUT2D eigenvalue weighted by atomic mass is 10.3. The molecular formula is C13H11N3O3S. The van der Waals surface area contributed by atoms with E-state index in [-0.39, 0.29) is 11.7 Å². The molecular weight excluding hydrogens is 278 g/mol. The van der Waals surface area contributed by atoms with Crippen LogP contribution in [0.25, 0.3) is 10.2 Å². The van der Waals surface area contributed by atoms with Gasteiger partial charge in [0.25, 0.3) is 5.91 Å². The lowest BCUT2D eigenvalue weighted by Gasteiger charge is -1.96. The number of ether oxygens (including phenoxy) is 1. The van der Waals surface area contributed by atoms with Gasteiger partial charge in [-0.1, -0.05) is 11.3 Å². The first kappa shape index (κ1) is 12.6. The van der Waals surface area contributed by atoms with E-state index in [1.165, 1.54) is 17.5 Å². The molecule has 0 radical (unpaired) electrons. The van der Waals surface area contributed by atoms with Crippen LogP contribution in [0.3, 0.4) is 0 Å². The maximum absolute atomic E-state index is 11.9. The van der Waals surface area contributed by atoms with Crippen LogP contribution in [0.1, 0.15) is 16.4 Å². The second-order valence-corrected chi connectivity index (χ2v) is 5.08. The van der Waals surface area contributed by atoms with Gasteiger partial charge in [-0.15, -0.1) is 0 Å². The zero-order valence-corrected chi connectivity index (χ0v) is 11.7. The van der Waals surface area contributed by atoms with Gasteiger partial charge in [-0.05, 0) is 18.2 Å². The fraction of sp³-hybridized carbons (Fsp3) is 0.154. The summed E-state index contributed by atoms with van der Waals surface area (Å²) in [6, 6.07) is 5.55. The molecule has 0 aliphatic rings. The predicted octanol–water partition coefficient (Wildman–Crippen LogP) is 2.85. The zero-order valence-electron chi connectivity index (χ0n) is 10.8. The van der Waals surface area contributed by atoms with Gasteiger partial charge in [-0.25, -0.2) is 9.97 Å². The molecule has 102 valence electrons. The third-order valence-corrected chi connectivity index (χ3v) is 3.59. The van der Waals surface area contributed by atoms with E-state index in [1.807, 2.05) is 18.2 Å². The summed E-state index contributed by atoms with van der Waals surface area (Å²) in [5.41, 5.74) is 0.805. The number of hydrogen-bond acceptors (Lipinski definition) is 6. The van der Waals surface area contributed by atoms with Gasteiger partial charge in [0.15, 0.2) is 11.0 Å². The molecule has 2 heterocycles. The molecule has 2 aromatic heterocycles. The summed E-state index contributed by atoms with van der Waals surface area (Å²) in [7, 11) is 1.61. The highest BCUT2D eigenvalue weighted by Gasteiger charge is 2.14. The fourth-order valence-electron chi connectivity index (χ4n) is 1.71. The third kappa shape index (κ3) is 2.35. The third-order valence-electron chi connectivity index (χ3n) is 2.66. The number of carbonyl (C=O) groups excluding carboxylic acids is 1. The number of anilines is 1. The van der Waals surface area contributed by atoms with Gasteiger partial charge >= 0.3 is 0 Å². The van der Waals surface area contributed by atoms with Crippen molar-refractivity contribution in [1.29, 1.82) is 0 Å². The quantitative estimate of drug-likeness (QED) is 0.802. The van der Waals surface area contributed by atoms with Crippen LogP contribution in [-0.2, 0) is 0 Å². The Morgan fingerprint density at radius 1 is 1.45 bits per heavy atom. The highest BCUT2D eigenvalue weighted by atomic mass is 32.1. The molecule has 0 spiro atoms. The van der Waals surface area contributed by atoms with Crippen molar-refractivity contribution in [3.8, 4) is 5.75 Å². The predicted molar refractivity (Wildman–Crippen MR) is 75.4 cm³/mol. The van der Waals surface area contributed by atoms with Gasteiger partial charge in [0, 0.05) is 6.92 Å². The normalized spacial score (nSPS) is 10.7. The van der Waals surface area contributed by atoms with Crippen LogP contribution in [0, 0.1) is 6.92 Å². The molecule has 3 aromatic rings. The molecule has 0 atom stereocenters. The molecule has 6 nitrogen and oxygen atoms in total.